The Labute approximate surface area is 223 Å². The average Bonchev–Trinajstić information content (AvgIpc) is 2.94. The zero-order valence-corrected chi connectivity index (χ0v) is 21.6. The standard InChI is InChI=1S/C27H26BrN7O2/c28-22-11-12-24(37-19-20-7-3-1-4-8-20)21(17-22)18-29-34-26-31-25(30-23-9-5-2-6-10-23)32-27(33-26)35-13-15-36-16-14-35/h1-12,17-18H,13-16,19H2,(H2,30,31,32,33,34)/b29-18-. The molecule has 1 fully saturated rings. The molecule has 1 saturated heterocycles. The summed E-state index contributed by atoms with van der Waals surface area (Å²) in [5.74, 6) is 2.03. The van der Waals surface area contributed by atoms with Crippen molar-refractivity contribution in [2.24, 2.45) is 5.10 Å². The van der Waals surface area contributed by atoms with Crippen LogP contribution < -0.4 is 20.4 Å². The smallest absolute Gasteiger partial charge is 0.250 e. The highest BCUT2D eigenvalue weighted by molar-refractivity contribution is 9.10. The van der Waals surface area contributed by atoms with E-state index in [-0.39, 0.29) is 0 Å². The fourth-order valence-electron chi connectivity index (χ4n) is 3.67. The van der Waals surface area contributed by atoms with E-state index in [4.69, 9.17) is 9.47 Å². The van der Waals surface area contributed by atoms with Crippen LogP contribution in [0, 0.1) is 0 Å². The van der Waals surface area contributed by atoms with Crippen molar-refractivity contribution >= 4 is 45.7 Å². The van der Waals surface area contributed by atoms with Gasteiger partial charge in [0.1, 0.15) is 12.4 Å². The molecule has 0 amide bonds. The molecule has 0 unspecified atom stereocenters. The van der Waals surface area contributed by atoms with Crippen LogP contribution in [0.5, 0.6) is 5.75 Å². The van der Waals surface area contributed by atoms with Crippen molar-refractivity contribution in [2.45, 2.75) is 6.61 Å². The van der Waals surface area contributed by atoms with Gasteiger partial charge in [-0.15, -0.1) is 0 Å². The fourth-order valence-corrected chi connectivity index (χ4v) is 4.05. The number of ether oxygens (including phenoxy) is 2. The number of anilines is 4. The summed E-state index contributed by atoms with van der Waals surface area (Å²) in [6, 6.07) is 25.6. The van der Waals surface area contributed by atoms with Gasteiger partial charge in [0, 0.05) is 28.8 Å². The van der Waals surface area contributed by atoms with Crippen molar-refractivity contribution in [1.82, 2.24) is 15.0 Å². The SMILES string of the molecule is Brc1ccc(OCc2ccccc2)c(/C=N\Nc2nc(Nc3ccccc3)nc(N3CCOCC3)n2)c1. The number of hydrazone groups is 1. The Morgan fingerprint density at radius 3 is 2.43 bits per heavy atom. The second-order valence-electron chi connectivity index (χ2n) is 8.20. The number of hydrogen-bond donors (Lipinski definition) is 2. The minimum absolute atomic E-state index is 0.327. The van der Waals surface area contributed by atoms with Gasteiger partial charge in [-0.3, -0.25) is 0 Å². The molecule has 2 heterocycles. The summed E-state index contributed by atoms with van der Waals surface area (Å²) >= 11 is 3.53. The lowest BCUT2D eigenvalue weighted by Gasteiger charge is -2.27. The summed E-state index contributed by atoms with van der Waals surface area (Å²) in [6.07, 6.45) is 1.69. The third kappa shape index (κ3) is 7.02. The van der Waals surface area contributed by atoms with E-state index in [9.17, 15) is 0 Å². The molecule has 37 heavy (non-hydrogen) atoms. The zero-order valence-electron chi connectivity index (χ0n) is 20.0. The van der Waals surface area contributed by atoms with Crippen LogP contribution in [0.3, 0.4) is 0 Å². The molecule has 0 spiro atoms. The highest BCUT2D eigenvalue weighted by atomic mass is 79.9. The van der Waals surface area contributed by atoms with Gasteiger partial charge in [0.2, 0.25) is 17.8 Å². The van der Waals surface area contributed by atoms with E-state index in [2.05, 4.69) is 51.6 Å². The van der Waals surface area contributed by atoms with Crippen LogP contribution in [0.25, 0.3) is 0 Å². The molecule has 0 saturated carbocycles. The van der Waals surface area contributed by atoms with Crippen LogP contribution in [-0.2, 0) is 11.3 Å². The van der Waals surface area contributed by atoms with E-state index in [0.29, 0.717) is 56.5 Å². The number of aromatic nitrogens is 3. The first-order valence-electron chi connectivity index (χ1n) is 11.9. The highest BCUT2D eigenvalue weighted by Crippen LogP contribution is 2.23. The monoisotopic (exact) mass is 559 g/mol. The minimum Gasteiger partial charge on any atom is -0.488 e. The maximum absolute atomic E-state index is 6.06. The molecule has 0 aliphatic carbocycles. The Morgan fingerprint density at radius 1 is 0.919 bits per heavy atom. The molecule has 9 nitrogen and oxygen atoms in total. The van der Waals surface area contributed by atoms with Gasteiger partial charge in [0.05, 0.1) is 19.4 Å². The second-order valence-corrected chi connectivity index (χ2v) is 9.12. The van der Waals surface area contributed by atoms with Gasteiger partial charge in [0.25, 0.3) is 0 Å². The van der Waals surface area contributed by atoms with Gasteiger partial charge in [-0.2, -0.15) is 20.1 Å². The molecule has 5 rings (SSSR count). The van der Waals surface area contributed by atoms with E-state index in [1.54, 1.807) is 6.21 Å². The summed E-state index contributed by atoms with van der Waals surface area (Å²) in [4.78, 5) is 15.8. The fraction of sp³-hybridized carbons (Fsp3) is 0.185. The lowest BCUT2D eigenvalue weighted by molar-refractivity contribution is 0.122. The molecule has 1 aromatic heterocycles. The van der Waals surface area contributed by atoms with Crippen LogP contribution >= 0.6 is 15.9 Å². The number of nitrogens with one attached hydrogen (secondary N) is 2. The van der Waals surface area contributed by atoms with Gasteiger partial charge in [-0.05, 0) is 35.9 Å². The summed E-state index contributed by atoms with van der Waals surface area (Å²) in [5.41, 5.74) is 5.73. The molecule has 188 valence electrons. The average molecular weight is 560 g/mol. The number of halogens is 1. The van der Waals surface area contributed by atoms with E-state index in [1.165, 1.54) is 0 Å². The summed E-state index contributed by atoms with van der Waals surface area (Å²) in [7, 11) is 0. The molecular formula is C27H26BrN7O2. The number of rotatable bonds is 9. The Morgan fingerprint density at radius 2 is 1.65 bits per heavy atom. The van der Waals surface area contributed by atoms with Gasteiger partial charge in [0.15, 0.2) is 0 Å². The van der Waals surface area contributed by atoms with Crippen LogP contribution in [0.1, 0.15) is 11.1 Å². The molecule has 4 aromatic rings. The summed E-state index contributed by atoms with van der Waals surface area (Å²) < 4.78 is 12.5. The van der Waals surface area contributed by atoms with Crippen LogP contribution in [-0.4, -0.2) is 47.5 Å². The largest absolute Gasteiger partial charge is 0.488 e. The van der Waals surface area contributed by atoms with Crippen molar-refractivity contribution in [2.75, 3.05) is 41.9 Å². The molecule has 0 atom stereocenters. The summed E-state index contributed by atoms with van der Waals surface area (Å²) in [5, 5.41) is 7.65. The Balaban J connectivity index is 1.34. The maximum atomic E-state index is 6.06. The Hall–Kier alpha value is -4.02. The van der Waals surface area contributed by atoms with Gasteiger partial charge >= 0.3 is 0 Å². The Bertz CT molecular complexity index is 1330. The van der Waals surface area contributed by atoms with Gasteiger partial charge in [-0.1, -0.05) is 64.5 Å². The van der Waals surface area contributed by atoms with E-state index < -0.39 is 0 Å². The lowest BCUT2D eigenvalue weighted by atomic mass is 10.2. The highest BCUT2D eigenvalue weighted by Gasteiger charge is 2.17. The lowest BCUT2D eigenvalue weighted by Crippen LogP contribution is -2.37. The van der Waals surface area contributed by atoms with Gasteiger partial charge in [-0.25, -0.2) is 5.43 Å². The second kappa shape index (κ2) is 12.3. The van der Waals surface area contributed by atoms with Crippen molar-refractivity contribution in [3.63, 3.8) is 0 Å². The predicted octanol–water partition coefficient (Wildman–Crippen LogP) is 5.24. The third-order valence-electron chi connectivity index (χ3n) is 5.52. The minimum atomic E-state index is 0.327. The maximum Gasteiger partial charge on any atom is 0.250 e. The molecule has 10 heteroatoms. The number of nitrogens with zero attached hydrogens (tertiary/aromatic N) is 5. The van der Waals surface area contributed by atoms with Crippen molar-refractivity contribution in [1.29, 1.82) is 0 Å². The molecule has 0 bridgehead atoms. The molecule has 0 radical (unpaired) electrons. The van der Waals surface area contributed by atoms with Crippen LogP contribution in [0.15, 0.2) is 88.4 Å². The zero-order chi connectivity index (χ0) is 25.3. The molecular weight excluding hydrogens is 534 g/mol. The molecule has 3 aromatic carbocycles. The molecule has 1 aliphatic rings. The third-order valence-corrected chi connectivity index (χ3v) is 6.02. The first kappa shape index (κ1) is 24.7. The summed E-state index contributed by atoms with van der Waals surface area (Å²) in [6.45, 7) is 3.13. The molecule has 1 aliphatic heterocycles. The number of morpholine rings is 1. The molecule has 2 N–H and O–H groups in total. The van der Waals surface area contributed by atoms with Crippen molar-refractivity contribution < 1.29 is 9.47 Å². The Kier molecular flexibility index (Phi) is 8.19. The normalized spacial score (nSPS) is 13.5. The van der Waals surface area contributed by atoms with Crippen LogP contribution in [0.2, 0.25) is 0 Å². The topological polar surface area (TPSA) is 96.8 Å². The number of para-hydroxylation sites is 1. The number of benzene rings is 3. The van der Waals surface area contributed by atoms with E-state index >= 15 is 0 Å². The van der Waals surface area contributed by atoms with Crippen LogP contribution in [0.4, 0.5) is 23.5 Å². The quantitative estimate of drug-likeness (QED) is 0.212. The van der Waals surface area contributed by atoms with Crippen molar-refractivity contribution in [3.8, 4) is 5.75 Å². The first-order valence-corrected chi connectivity index (χ1v) is 12.7. The number of hydrogen-bond acceptors (Lipinski definition) is 9. The van der Waals surface area contributed by atoms with E-state index in [1.807, 2.05) is 78.9 Å². The van der Waals surface area contributed by atoms with E-state index in [0.717, 1.165) is 21.3 Å². The first-order chi connectivity index (χ1) is 18.2. The van der Waals surface area contributed by atoms with Crippen molar-refractivity contribution in [3.05, 3.63) is 94.5 Å². The van der Waals surface area contributed by atoms with Gasteiger partial charge < -0.3 is 19.7 Å². The predicted molar refractivity (Wildman–Crippen MR) is 149 cm³/mol.